The van der Waals surface area contributed by atoms with E-state index in [0.717, 1.165) is 23.7 Å². The van der Waals surface area contributed by atoms with Gasteiger partial charge >= 0.3 is 0 Å². The molecule has 2 aromatic rings. The van der Waals surface area contributed by atoms with Crippen LogP contribution in [0.5, 0.6) is 0 Å². The van der Waals surface area contributed by atoms with Crippen molar-refractivity contribution in [3.8, 4) is 0 Å². The summed E-state index contributed by atoms with van der Waals surface area (Å²) in [6, 6.07) is 5.52. The molecule has 1 aliphatic heterocycles. The molecular formula is C18H26N4O3. The van der Waals surface area contributed by atoms with Gasteiger partial charge in [-0.1, -0.05) is 0 Å². The number of hydrogen-bond donors (Lipinski definition) is 1. The average Bonchev–Trinajstić information content (AvgIpc) is 3.22. The molecule has 7 nitrogen and oxygen atoms in total. The normalized spacial score (nSPS) is 19.7. The Morgan fingerprint density at radius 1 is 1.48 bits per heavy atom. The van der Waals surface area contributed by atoms with Gasteiger partial charge in [0.2, 0.25) is 5.91 Å². The first kappa shape index (κ1) is 17.7. The fourth-order valence-electron chi connectivity index (χ4n) is 3.16. The topological polar surface area (TPSA) is 72.5 Å². The van der Waals surface area contributed by atoms with E-state index < -0.39 is 0 Å². The maximum Gasteiger partial charge on any atom is 0.237 e. The molecule has 1 N–H and O–H groups in total. The molecule has 0 unspecified atom stereocenters. The van der Waals surface area contributed by atoms with Crippen molar-refractivity contribution in [2.45, 2.75) is 46.0 Å². The first-order chi connectivity index (χ1) is 12.0. The second-order valence-electron chi connectivity index (χ2n) is 6.57. The second kappa shape index (κ2) is 7.84. The van der Waals surface area contributed by atoms with Crippen LogP contribution in [0, 0.1) is 13.8 Å². The molecule has 1 amide bonds. The Hall–Kier alpha value is -2.12. The number of ether oxygens (including phenoxy) is 1. The maximum absolute atomic E-state index is 12.4. The van der Waals surface area contributed by atoms with Crippen LogP contribution in [0.2, 0.25) is 0 Å². The standard InChI is InChI=1S/C18H26N4O3/c1-13-9-14(2)22(20-13)12-17-11-21(6-8-25-17)15(3)18(23)19-10-16-5-4-7-24-16/h4-5,7,9,15,17H,6,8,10-12H2,1-3H3,(H,19,23)/t15-,17-/m1/s1. The Balaban J connectivity index is 1.53. The molecule has 3 heterocycles. The molecular weight excluding hydrogens is 320 g/mol. The number of morpholine rings is 1. The summed E-state index contributed by atoms with van der Waals surface area (Å²) >= 11 is 0. The summed E-state index contributed by atoms with van der Waals surface area (Å²) in [6.45, 7) is 9.18. The van der Waals surface area contributed by atoms with Gasteiger partial charge in [-0.2, -0.15) is 5.10 Å². The van der Waals surface area contributed by atoms with Gasteiger partial charge in [0.05, 0.1) is 43.8 Å². The minimum atomic E-state index is -0.207. The zero-order chi connectivity index (χ0) is 17.8. The number of aryl methyl sites for hydroxylation is 2. The number of hydrogen-bond acceptors (Lipinski definition) is 5. The number of carbonyl (C=O) groups is 1. The third-order valence-electron chi connectivity index (χ3n) is 4.59. The first-order valence-corrected chi connectivity index (χ1v) is 8.69. The molecule has 2 atom stereocenters. The van der Waals surface area contributed by atoms with Crippen molar-refractivity contribution >= 4 is 5.91 Å². The fourth-order valence-corrected chi connectivity index (χ4v) is 3.16. The smallest absolute Gasteiger partial charge is 0.237 e. The van der Waals surface area contributed by atoms with Gasteiger partial charge in [0.25, 0.3) is 0 Å². The summed E-state index contributed by atoms with van der Waals surface area (Å²) in [4.78, 5) is 14.6. The monoisotopic (exact) mass is 346 g/mol. The largest absolute Gasteiger partial charge is 0.467 e. The number of nitrogens with zero attached hydrogens (tertiary/aromatic N) is 3. The van der Waals surface area contributed by atoms with E-state index in [2.05, 4.69) is 21.4 Å². The molecule has 2 aromatic heterocycles. The Kier molecular flexibility index (Phi) is 5.55. The summed E-state index contributed by atoms with van der Waals surface area (Å²) in [5, 5.41) is 7.42. The van der Waals surface area contributed by atoms with Crippen LogP contribution in [0.4, 0.5) is 0 Å². The van der Waals surface area contributed by atoms with Crippen LogP contribution in [0.3, 0.4) is 0 Å². The zero-order valence-corrected chi connectivity index (χ0v) is 15.1. The lowest BCUT2D eigenvalue weighted by Gasteiger charge is -2.36. The van der Waals surface area contributed by atoms with E-state index in [9.17, 15) is 4.79 Å². The van der Waals surface area contributed by atoms with Crippen LogP contribution in [-0.2, 0) is 22.6 Å². The quantitative estimate of drug-likeness (QED) is 0.858. The van der Waals surface area contributed by atoms with Gasteiger partial charge in [-0.05, 0) is 39.0 Å². The van der Waals surface area contributed by atoms with Gasteiger partial charge in [-0.3, -0.25) is 14.4 Å². The van der Waals surface area contributed by atoms with Crippen LogP contribution >= 0.6 is 0 Å². The maximum atomic E-state index is 12.4. The fraction of sp³-hybridized carbons (Fsp3) is 0.556. The highest BCUT2D eigenvalue weighted by atomic mass is 16.5. The summed E-state index contributed by atoms with van der Waals surface area (Å²) < 4.78 is 13.1. The van der Waals surface area contributed by atoms with E-state index in [1.807, 2.05) is 37.6 Å². The lowest BCUT2D eigenvalue weighted by molar-refractivity contribution is -0.129. The van der Waals surface area contributed by atoms with Gasteiger partial charge < -0.3 is 14.5 Å². The molecule has 25 heavy (non-hydrogen) atoms. The van der Waals surface area contributed by atoms with Gasteiger partial charge in [0.15, 0.2) is 0 Å². The molecule has 3 rings (SSSR count). The molecule has 0 aromatic carbocycles. The van der Waals surface area contributed by atoms with Crippen molar-refractivity contribution in [3.05, 3.63) is 41.6 Å². The number of furan rings is 1. The predicted molar refractivity (Wildman–Crippen MR) is 93.0 cm³/mol. The molecule has 1 saturated heterocycles. The Morgan fingerprint density at radius 2 is 2.32 bits per heavy atom. The van der Waals surface area contributed by atoms with E-state index in [1.54, 1.807) is 6.26 Å². The van der Waals surface area contributed by atoms with Gasteiger partial charge in [-0.15, -0.1) is 0 Å². The lowest BCUT2D eigenvalue weighted by Crippen LogP contribution is -2.53. The number of nitrogens with one attached hydrogen (secondary N) is 1. The van der Waals surface area contributed by atoms with Crippen LogP contribution in [-0.4, -0.2) is 52.4 Å². The van der Waals surface area contributed by atoms with E-state index in [1.165, 1.54) is 0 Å². The van der Waals surface area contributed by atoms with Crippen LogP contribution in [0.1, 0.15) is 24.1 Å². The Morgan fingerprint density at radius 3 is 3.00 bits per heavy atom. The van der Waals surface area contributed by atoms with Crippen molar-refractivity contribution in [1.82, 2.24) is 20.0 Å². The molecule has 136 valence electrons. The third kappa shape index (κ3) is 4.49. The van der Waals surface area contributed by atoms with Crippen molar-refractivity contribution in [3.63, 3.8) is 0 Å². The minimum Gasteiger partial charge on any atom is -0.467 e. The van der Waals surface area contributed by atoms with Crippen molar-refractivity contribution < 1.29 is 13.9 Å². The Bertz CT molecular complexity index is 695. The molecule has 7 heteroatoms. The molecule has 0 bridgehead atoms. The molecule has 1 fully saturated rings. The van der Waals surface area contributed by atoms with Crippen molar-refractivity contribution in [1.29, 1.82) is 0 Å². The Labute approximate surface area is 147 Å². The van der Waals surface area contributed by atoms with Gasteiger partial charge in [-0.25, -0.2) is 0 Å². The van der Waals surface area contributed by atoms with Crippen molar-refractivity contribution in [2.24, 2.45) is 0 Å². The lowest BCUT2D eigenvalue weighted by atomic mass is 10.2. The summed E-state index contributed by atoms with van der Waals surface area (Å²) in [5.74, 6) is 0.757. The molecule has 0 spiro atoms. The molecule has 0 saturated carbocycles. The number of amides is 1. The first-order valence-electron chi connectivity index (χ1n) is 8.69. The minimum absolute atomic E-state index is 0.00293. The highest BCUT2D eigenvalue weighted by Crippen LogP contribution is 2.13. The van der Waals surface area contributed by atoms with Crippen molar-refractivity contribution in [2.75, 3.05) is 19.7 Å². The predicted octanol–water partition coefficient (Wildman–Crippen LogP) is 1.50. The SMILES string of the molecule is Cc1cc(C)n(C[C@H]2CN([C@H](C)C(=O)NCc3ccco3)CCO2)n1. The number of aromatic nitrogens is 2. The summed E-state index contributed by atoms with van der Waals surface area (Å²) in [5.41, 5.74) is 2.14. The molecule has 1 aliphatic rings. The third-order valence-corrected chi connectivity index (χ3v) is 4.59. The van der Waals surface area contributed by atoms with E-state index in [0.29, 0.717) is 26.2 Å². The zero-order valence-electron chi connectivity index (χ0n) is 15.1. The van der Waals surface area contributed by atoms with Crippen LogP contribution < -0.4 is 5.32 Å². The van der Waals surface area contributed by atoms with Crippen LogP contribution in [0.25, 0.3) is 0 Å². The molecule has 0 radical (unpaired) electrons. The van der Waals surface area contributed by atoms with Gasteiger partial charge in [0.1, 0.15) is 5.76 Å². The highest BCUT2D eigenvalue weighted by molar-refractivity contribution is 5.81. The van der Waals surface area contributed by atoms with E-state index in [-0.39, 0.29) is 18.1 Å². The van der Waals surface area contributed by atoms with Gasteiger partial charge in [0, 0.05) is 18.8 Å². The number of rotatable bonds is 6. The summed E-state index contributed by atoms with van der Waals surface area (Å²) in [6.07, 6.45) is 1.64. The molecule has 0 aliphatic carbocycles. The van der Waals surface area contributed by atoms with E-state index >= 15 is 0 Å². The summed E-state index contributed by atoms with van der Waals surface area (Å²) in [7, 11) is 0. The average molecular weight is 346 g/mol. The van der Waals surface area contributed by atoms with E-state index in [4.69, 9.17) is 9.15 Å². The highest BCUT2D eigenvalue weighted by Gasteiger charge is 2.28. The second-order valence-corrected chi connectivity index (χ2v) is 6.57. The van der Waals surface area contributed by atoms with Crippen LogP contribution in [0.15, 0.2) is 28.9 Å². The number of carbonyl (C=O) groups excluding carboxylic acids is 1.